The molecule has 2 aromatic carbocycles. The Balaban J connectivity index is 1.51. The summed E-state index contributed by atoms with van der Waals surface area (Å²) in [4.78, 5) is 32.6. The van der Waals surface area contributed by atoms with Gasteiger partial charge in [0.25, 0.3) is 11.5 Å². The number of aryl methyl sites for hydroxylation is 3. The molecule has 0 radical (unpaired) electrons. The number of amides is 1. The number of nitrogens with zero attached hydrogens (tertiary/aromatic N) is 3. The molecule has 1 aliphatic rings. The van der Waals surface area contributed by atoms with E-state index < -0.39 is 17.6 Å². The number of pyridine rings is 2. The molecule has 7 nitrogen and oxygen atoms in total. The van der Waals surface area contributed by atoms with Crippen molar-refractivity contribution in [1.82, 2.24) is 14.9 Å². The van der Waals surface area contributed by atoms with E-state index in [4.69, 9.17) is 0 Å². The van der Waals surface area contributed by atoms with Crippen molar-refractivity contribution in [3.63, 3.8) is 0 Å². The first-order valence-corrected chi connectivity index (χ1v) is 12.6. The topological polar surface area (TPSA) is 79.3 Å². The van der Waals surface area contributed by atoms with Gasteiger partial charge in [-0.3, -0.25) is 14.6 Å². The van der Waals surface area contributed by atoms with Gasteiger partial charge >= 0.3 is 6.18 Å². The summed E-state index contributed by atoms with van der Waals surface area (Å²) in [5.41, 5.74) is 2.94. The van der Waals surface area contributed by atoms with Crippen LogP contribution in [-0.2, 0) is 13.2 Å². The summed E-state index contributed by atoms with van der Waals surface area (Å²) in [5, 5.41) is 6.68. The molecular formula is C29H28F3N5O2. The van der Waals surface area contributed by atoms with E-state index in [1.54, 1.807) is 42.1 Å². The van der Waals surface area contributed by atoms with Crippen LogP contribution >= 0.6 is 0 Å². The quantitative estimate of drug-likeness (QED) is 0.389. The van der Waals surface area contributed by atoms with Crippen LogP contribution in [0.4, 0.5) is 24.5 Å². The van der Waals surface area contributed by atoms with Gasteiger partial charge in [-0.05, 0) is 67.4 Å². The van der Waals surface area contributed by atoms with Gasteiger partial charge in [0.2, 0.25) is 0 Å². The second kappa shape index (κ2) is 10.2. The first-order valence-electron chi connectivity index (χ1n) is 12.6. The van der Waals surface area contributed by atoms with E-state index >= 15 is 0 Å². The van der Waals surface area contributed by atoms with Gasteiger partial charge in [-0.1, -0.05) is 6.07 Å². The number of halogens is 3. The molecule has 1 fully saturated rings. The smallest absolute Gasteiger partial charge is 0.369 e. The molecule has 1 saturated heterocycles. The SMILES string of the molecule is Cc1cc2c(cn1)cc(-c1cc(NC(=O)c3cc(N4CCNCC4)cc(C(F)(F)F)c3)ccc1C)c(=O)n2C. The highest BCUT2D eigenvalue weighted by atomic mass is 19.4. The highest BCUT2D eigenvalue weighted by Crippen LogP contribution is 2.34. The summed E-state index contributed by atoms with van der Waals surface area (Å²) in [7, 11) is 1.69. The molecule has 0 spiro atoms. The molecule has 202 valence electrons. The number of nitrogens with one attached hydrogen (secondary N) is 2. The third-order valence-electron chi connectivity index (χ3n) is 7.02. The molecule has 4 aromatic rings. The van der Waals surface area contributed by atoms with Gasteiger partial charge in [0.05, 0.1) is 11.1 Å². The number of fused-ring (bicyclic) bond motifs is 1. The fraction of sp³-hybridized carbons (Fsp3) is 0.276. The summed E-state index contributed by atoms with van der Waals surface area (Å²) in [5.74, 6) is -0.668. The van der Waals surface area contributed by atoms with Crippen LogP contribution in [0.25, 0.3) is 22.0 Å². The number of carbonyl (C=O) groups is 1. The molecule has 0 bridgehead atoms. The van der Waals surface area contributed by atoms with Gasteiger partial charge in [-0.25, -0.2) is 0 Å². The first-order chi connectivity index (χ1) is 18.5. The summed E-state index contributed by atoms with van der Waals surface area (Å²) >= 11 is 0. The number of carbonyl (C=O) groups excluding carboxylic acids is 1. The van der Waals surface area contributed by atoms with Crippen LogP contribution in [0.3, 0.4) is 0 Å². The Morgan fingerprint density at radius 3 is 2.46 bits per heavy atom. The van der Waals surface area contributed by atoms with Crippen LogP contribution in [0.5, 0.6) is 0 Å². The predicted octanol–water partition coefficient (Wildman–Crippen LogP) is 4.90. The molecule has 0 saturated carbocycles. The zero-order valence-electron chi connectivity index (χ0n) is 21.8. The van der Waals surface area contributed by atoms with Crippen molar-refractivity contribution in [2.45, 2.75) is 20.0 Å². The standard InChI is InChI=1S/C29H28F3N5O2/c1-17-4-5-22(15-24(17)25-13-20-16-34-18(2)10-26(20)36(3)28(25)39)35-27(38)19-11-21(29(30,31)32)14-23(12-19)37-8-6-33-7-9-37/h4-5,10-16,33H,6-9H2,1-3H3,(H,35,38). The lowest BCUT2D eigenvalue weighted by atomic mass is 9.99. The molecule has 2 N–H and O–H groups in total. The number of anilines is 2. The van der Waals surface area contributed by atoms with Crippen molar-refractivity contribution >= 4 is 28.2 Å². The number of hydrogen-bond acceptors (Lipinski definition) is 5. The lowest BCUT2D eigenvalue weighted by Gasteiger charge is -2.30. The second-order valence-electron chi connectivity index (χ2n) is 9.79. The van der Waals surface area contributed by atoms with Crippen molar-refractivity contribution in [2.24, 2.45) is 7.05 Å². The molecule has 0 aliphatic carbocycles. The number of alkyl halides is 3. The Kier molecular flexibility index (Phi) is 6.90. The van der Waals surface area contributed by atoms with Crippen LogP contribution in [0.2, 0.25) is 0 Å². The fourth-order valence-corrected chi connectivity index (χ4v) is 4.86. The van der Waals surface area contributed by atoms with E-state index in [1.807, 2.05) is 24.8 Å². The van der Waals surface area contributed by atoms with E-state index in [2.05, 4.69) is 15.6 Å². The average molecular weight is 536 g/mol. The number of rotatable bonds is 4. The van der Waals surface area contributed by atoms with E-state index in [-0.39, 0.29) is 11.1 Å². The van der Waals surface area contributed by atoms with Gasteiger partial charge in [-0.15, -0.1) is 0 Å². The van der Waals surface area contributed by atoms with E-state index in [9.17, 15) is 22.8 Å². The minimum absolute atomic E-state index is 0.0939. The van der Waals surface area contributed by atoms with Crippen LogP contribution in [-0.4, -0.2) is 41.6 Å². The number of hydrogen-bond donors (Lipinski definition) is 2. The minimum Gasteiger partial charge on any atom is -0.369 e. The van der Waals surface area contributed by atoms with Gasteiger partial charge in [0.15, 0.2) is 0 Å². The lowest BCUT2D eigenvalue weighted by molar-refractivity contribution is -0.137. The van der Waals surface area contributed by atoms with Crippen molar-refractivity contribution in [1.29, 1.82) is 0 Å². The monoisotopic (exact) mass is 535 g/mol. The first kappa shape index (κ1) is 26.4. The zero-order valence-corrected chi connectivity index (χ0v) is 21.8. The Morgan fingerprint density at radius 1 is 1.00 bits per heavy atom. The van der Waals surface area contributed by atoms with Crippen molar-refractivity contribution in [3.8, 4) is 11.1 Å². The van der Waals surface area contributed by atoms with Gasteiger partial charge in [0.1, 0.15) is 0 Å². The van der Waals surface area contributed by atoms with Crippen LogP contribution in [0.1, 0.15) is 27.2 Å². The minimum atomic E-state index is -4.60. The maximum Gasteiger partial charge on any atom is 0.416 e. The van der Waals surface area contributed by atoms with Gasteiger partial charge in [0, 0.05) is 73.0 Å². The van der Waals surface area contributed by atoms with Crippen LogP contribution < -0.4 is 21.1 Å². The Hall–Kier alpha value is -4.18. The van der Waals surface area contributed by atoms with E-state index in [1.165, 1.54) is 6.07 Å². The Bertz CT molecular complexity index is 1640. The molecule has 1 aliphatic heterocycles. The van der Waals surface area contributed by atoms with Crippen LogP contribution in [0, 0.1) is 13.8 Å². The van der Waals surface area contributed by atoms with Crippen molar-refractivity contribution < 1.29 is 18.0 Å². The Labute approximate surface area is 223 Å². The Morgan fingerprint density at radius 2 is 1.74 bits per heavy atom. The fourth-order valence-electron chi connectivity index (χ4n) is 4.86. The zero-order chi connectivity index (χ0) is 27.9. The number of piperazine rings is 1. The third kappa shape index (κ3) is 5.37. The molecule has 10 heteroatoms. The summed E-state index contributed by atoms with van der Waals surface area (Å²) in [6.45, 7) is 6.08. The lowest BCUT2D eigenvalue weighted by Crippen LogP contribution is -2.43. The molecule has 2 aromatic heterocycles. The summed E-state index contributed by atoms with van der Waals surface area (Å²) < 4.78 is 42.6. The van der Waals surface area contributed by atoms with E-state index in [0.29, 0.717) is 48.7 Å². The van der Waals surface area contributed by atoms with Gasteiger partial charge in [-0.2, -0.15) is 13.2 Å². The molecule has 39 heavy (non-hydrogen) atoms. The van der Waals surface area contributed by atoms with Gasteiger partial charge < -0.3 is 20.1 Å². The number of benzene rings is 2. The molecule has 0 unspecified atom stereocenters. The normalized spacial score (nSPS) is 14.1. The highest BCUT2D eigenvalue weighted by Gasteiger charge is 2.32. The molecule has 1 amide bonds. The third-order valence-corrected chi connectivity index (χ3v) is 7.02. The molecule has 3 heterocycles. The van der Waals surface area contributed by atoms with Crippen molar-refractivity contribution in [3.05, 3.63) is 87.5 Å². The largest absolute Gasteiger partial charge is 0.416 e. The molecule has 0 atom stereocenters. The maximum absolute atomic E-state index is 13.7. The summed E-state index contributed by atoms with van der Waals surface area (Å²) in [6.07, 6.45) is -2.89. The molecular weight excluding hydrogens is 507 g/mol. The van der Waals surface area contributed by atoms with E-state index in [0.717, 1.165) is 34.3 Å². The highest BCUT2D eigenvalue weighted by molar-refractivity contribution is 6.05. The average Bonchev–Trinajstić information content (AvgIpc) is 2.92. The summed E-state index contributed by atoms with van der Waals surface area (Å²) in [6, 6.07) is 12.1. The second-order valence-corrected chi connectivity index (χ2v) is 9.79. The number of aromatic nitrogens is 2. The molecule has 5 rings (SSSR count). The van der Waals surface area contributed by atoms with Crippen LogP contribution in [0.15, 0.2) is 59.5 Å². The predicted molar refractivity (Wildman–Crippen MR) is 146 cm³/mol. The maximum atomic E-state index is 13.7. The van der Waals surface area contributed by atoms with Crippen molar-refractivity contribution in [2.75, 3.05) is 36.4 Å².